The number of benzene rings is 3. The maximum atomic E-state index is 14.6. The van der Waals surface area contributed by atoms with Gasteiger partial charge < -0.3 is 25.4 Å². The van der Waals surface area contributed by atoms with Gasteiger partial charge >= 0.3 is 6.09 Å². The van der Waals surface area contributed by atoms with Crippen molar-refractivity contribution in [1.29, 1.82) is 0 Å². The third kappa shape index (κ3) is 10.1. The number of nitrogens with zero attached hydrogens (tertiary/aromatic N) is 1. The molecule has 0 radical (unpaired) electrons. The summed E-state index contributed by atoms with van der Waals surface area (Å²) in [6.45, 7) is 11.5. The fourth-order valence-electron chi connectivity index (χ4n) is 5.11. The van der Waals surface area contributed by atoms with Crippen LogP contribution in [0, 0.1) is 13.8 Å². The molecule has 0 aliphatic carbocycles. The van der Waals surface area contributed by atoms with Gasteiger partial charge in [-0.25, -0.2) is 4.79 Å². The van der Waals surface area contributed by atoms with Crippen molar-refractivity contribution in [1.82, 2.24) is 10.2 Å². The lowest BCUT2D eigenvalue weighted by molar-refractivity contribution is -0.140. The van der Waals surface area contributed by atoms with E-state index in [0.717, 1.165) is 36.0 Å². The van der Waals surface area contributed by atoms with Gasteiger partial charge in [-0.05, 0) is 75.4 Å². The Morgan fingerprint density at radius 1 is 0.864 bits per heavy atom. The molecule has 0 fully saturated rings. The normalized spacial score (nSPS) is 12.6. The predicted molar refractivity (Wildman–Crippen MR) is 175 cm³/mol. The van der Waals surface area contributed by atoms with Crippen LogP contribution in [0.3, 0.4) is 0 Å². The van der Waals surface area contributed by atoms with Gasteiger partial charge in [-0.3, -0.25) is 9.59 Å². The fourth-order valence-corrected chi connectivity index (χ4v) is 5.11. The number of nitrogens with one attached hydrogen (secondary N) is 2. The van der Waals surface area contributed by atoms with Crippen LogP contribution in [0.25, 0.3) is 0 Å². The molecule has 3 aromatic carbocycles. The molecule has 8 heteroatoms. The molecular formula is C36H47N3O5. The van der Waals surface area contributed by atoms with Crippen LogP contribution in [-0.2, 0) is 20.7 Å². The van der Waals surface area contributed by atoms with Crippen LogP contribution in [-0.4, -0.2) is 46.1 Å². The molecule has 3 rings (SSSR count). The monoisotopic (exact) mass is 601 g/mol. The second-order valence-corrected chi connectivity index (χ2v) is 12.2. The number of hydrogen-bond acceptors (Lipinski definition) is 5. The summed E-state index contributed by atoms with van der Waals surface area (Å²) in [4.78, 5) is 43.4. The van der Waals surface area contributed by atoms with E-state index >= 15 is 0 Å². The third-order valence-electron chi connectivity index (χ3n) is 7.31. The van der Waals surface area contributed by atoms with E-state index in [1.165, 1.54) is 12.1 Å². The molecule has 44 heavy (non-hydrogen) atoms. The number of carbonyl (C=O) groups excluding carboxylic acids is 3. The quantitative estimate of drug-likeness (QED) is 0.179. The van der Waals surface area contributed by atoms with Crippen LogP contribution < -0.4 is 10.6 Å². The van der Waals surface area contributed by atoms with Gasteiger partial charge in [0.25, 0.3) is 5.91 Å². The molecule has 0 aliphatic heterocycles. The molecule has 2 atom stereocenters. The molecule has 0 aliphatic rings. The number of aryl methyl sites for hydroxylation is 2. The van der Waals surface area contributed by atoms with E-state index in [1.807, 2.05) is 62.4 Å². The number of hydrogen-bond donors (Lipinski definition) is 3. The number of amides is 3. The second kappa shape index (κ2) is 15.9. The topological polar surface area (TPSA) is 108 Å². The van der Waals surface area contributed by atoms with Gasteiger partial charge in [-0.2, -0.15) is 0 Å². The molecule has 0 saturated carbocycles. The third-order valence-corrected chi connectivity index (χ3v) is 7.31. The zero-order valence-corrected chi connectivity index (χ0v) is 26.9. The van der Waals surface area contributed by atoms with Crippen LogP contribution >= 0.6 is 0 Å². The van der Waals surface area contributed by atoms with Crippen molar-refractivity contribution in [3.05, 3.63) is 95.1 Å². The van der Waals surface area contributed by atoms with Crippen LogP contribution in [0.4, 0.5) is 10.5 Å². The maximum absolute atomic E-state index is 14.6. The molecule has 3 aromatic rings. The predicted octanol–water partition coefficient (Wildman–Crippen LogP) is 7.23. The molecule has 2 unspecified atom stereocenters. The number of unbranched alkanes of at least 4 members (excludes halogenated alkanes) is 3. The van der Waals surface area contributed by atoms with E-state index in [2.05, 4.69) is 17.6 Å². The van der Waals surface area contributed by atoms with Crippen molar-refractivity contribution in [2.75, 3.05) is 11.9 Å². The number of para-hydroxylation sites is 1. The Morgan fingerprint density at radius 2 is 1.50 bits per heavy atom. The Kier molecular flexibility index (Phi) is 12.4. The van der Waals surface area contributed by atoms with E-state index in [1.54, 1.807) is 37.8 Å². The first-order valence-electron chi connectivity index (χ1n) is 15.4. The van der Waals surface area contributed by atoms with Gasteiger partial charge in [0.15, 0.2) is 0 Å². The smallest absolute Gasteiger partial charge is 0.408 e. The summed E-state index contributed by atoms with van der Waals surface area (Å²) in [6.07, 6.45) is 3.06. The number of aromatic hydroxyl groups is 1. The molecular weight excluding hydrogens is 554 g/mol. The molecule has 0 heterocycles. The number of phenolic OH excluding ortho intramolecular Hbond substituents is 1. The summed E-state index contributed by atoms with van der Waals surface area (Å²) in [7, 11) is 0. The summed E-state index contributed by atoms with van der Waals surface area (Å²) in [5.41, 5.74) is 3.13. The number of ether oxygens (including phenoxy) is 1. The van der Waals surface area contributed by atoms with Gasteiger partial charge in [0.2, 0.25) is 5.91 Å². The molecule has 3 N–H and O–H groups in total. The highest BCUT2D eigenvalue weighted by atomic mass is 16.6. The zero-order valence-electron chi connectivity index (χ0n) is 26.9. The van der Waals surface area contributed by atoms with Crippen LogP contribution in [0.15, 0.2) is 72.8 Å². The first-order chi connectivity index (χ1) is 20.9. The Labute approximate surface area is 261 Å². The largest absolute Gasteiger partial charge is 0.508 e. The average Bonchev–Trinajstić information content (AvgIpc) is 2.96. The van der Waals surface area contributed by atoms with Gasteiger partial charge in [0.05, 0.1) is 0 Å². The first-order valence-corrected chi connectivity index (χ1v) is 15.4. The number of anilines is 1. The van der Waals surface area contributed by atoms with Crippen molar-refractivity contribution >= 4 is 23.6 Å². The summed E-state index contributed by atoms with van der Waals surface area (Å²) < 4.78 is 5.53. The number of carbonyl (C=O) groups is 3. The number of rotatable bonds is 13. The highest BCUT2D eigenvalue weighted by molar-refractivity contribution is 6.00. The molecule has 0 aromatic heterocycles. The number of phenols is 1. The fraction of sp³-hybridized carbons (Fsp3) is 0.417. The van der Waals surface area contributed by atoms with Gasteiger partial charge in [0, 0.05) is 18.7 Å². The van der Waals surface area contributed by atoms with E-state index < -0.39 is 29.7 Å². The summed E-state index contributed by atoms with van der Waals surface area (Å²) >= 11 is 0. The van der Waals surface area contributed by atoms with Crippen molar-refractivity contribution < 1.29 is 24.2 Å². The second-order valence-electron chi connectivity index (χ2n) is 12.2. The lowest BCUT2D eigenvalue weighted by Crippen LogP contribution is -2.53. The Bertz CT molecular complexity index is 1360. The molecule has 0 bridgehead atoms. The highest BCUT2D eigenvalue weighted by Gasteiger charge is 2.36. The standard InChI is InChI=1S/C36H47N3O5/c1-7-8-9-13-23-39(34(42)30(24-27-17-11-10-12-18-27)37-35(43)44-36(4,5)6)32(28-19-21-29(40)22-20-28)33(41)38-31-25(2)15-14-16-26(31)3/h10-12,14-22,30,32,40H,7-9,13,23-24H2,1-6H3,(H,37,43)(H,38,41). The van der Waals surface area contributed by atoms with Crippen LogP contribution in [0.5, 0.6) is 5.75 Å². The summed E-state index contributed by atoms with van der Waals surface area (Å²) in [6, 6.07) is 19.5. The first kappa shape index (κ1) is 34.2. The molecule has 0 spiro atoms. The van der Waals surface area contributed by atoms with E-state index in [4.69, 9.17) is 4.74 Å². The Balaban J connectivity index is 2.08. The molecule has 0 saturated heterocycles. The van der Waals surface area contributed by atoms with E-state index in [0.29, 0.717) is 24.2 Å². The Morgan fingerprint density at radius 3 is 2.09 bits per heavy atom. The minimum absolute atomic E-state index is 0.0528. The average molecular weight is 602 g/mol. The summed E-state index contributed by atoms with van der Waals surface area (Å²) in [5.74, 6) is -0.726. The Hall–Kier alpha value is -4.33. The number of alkyl carbamates (subject to hydrolysis) is 1. The van der Waals surface area contributed by atoms with Crippen molar-refractivity contribution in [2.24, 2.45) is 0 Å². The van der Waals surface area contributed by atoms with E-state index in [-0.39, 0.29) is 18.1 Å². The van der Waals surface area contributed by atoms with E-state index in [9.17, 15) is 19.5 Å². The zero-order chi connectivity index (χ0) is 32.3. The van der Waals surface area contributed by atoms with Crippen molar-refractivity contribution in [3.63, 3.8) is 0 Å². The van der Waals surface area contributed by atoms with Crippen molar-refractivity contribution in [3.8, 4) is 5.75 Å². The van der Waals surface area contributed by atoms with Crippen LogP contribution in [0.1, 0.15) is 81.7 Å². The minimum atomic E-state index is -1.03. The van der Waals surface area contributed by atoms with Crippen LogP contribution in [0.2, 0.25) is 0 Å². The summed E-state index contributed by atoms with van der Waals surface area (Å²) in [5, 5.41) is 15.9. The lowest BCUT2D eigenvalue weighted by Gasteiger charge is -2.35. The minimum Gasteiger partial charge on any atom is -0.508 e. The molecule has 236 valence electrons. The molecule has 8 nitrogen and oxygen atoms in total. The van der Waals surface area contributed by atoms with Gasteiger partial charge in [-0.15, -0.1) is 0 Å². The highest BCUT2D eigenvalue weighted by Crippen LogP contribution is 2.29. The maximum Gasteiger partial charge on any atom is 0.408 e. The van der Waals surface area contributed by atoms with Gasteiger partial charge in [-0.1, -0.05) is 86.8 Å². The SMILES string of the molecule is CCCCCCN(C(=O)C(Cc1ccccc1)NC(=O)OC(C)(C)C)C(C(=O)Nc1c(C)cccc1C)c1ccc(O)cc1. The lowest BCUT2D eigenvalue weighted by atomic mass is 9.99. The molecule has 3 amide bonds. The van der Waals surface area contributed by atoms with Crippen molar-refractivity contribution in [2.45, 2.75) is 91.3 Å². The van der Waals surface area contributed by atoms with Gasteiger partial charge in [0.1, 0.15) is 23.4 Å².